The summed E-state index contributed by atoms with van der Waals surface area (Å²) < 4.78 is 36.1. The molecule has 1 N–H and O–H groups in total. The molecule has 1 aromatic rings. The van der Waals surface area contributed by atoms with E-state index < -0.39 is 29.7 Å². The number of aromatic nitrogens is 2. The molecule has 4 nitrogen and oxygen atoms in total. The van der Waals surface area contributed by atoms with Gasteiger partial charge in [0.25, 0.3) is 5.56 Å². The molecule has 15 heavy (non-hydrogen) atoms. The number of hydrogen-bond acceptors (Lipinski definition) is 2. The molecule has 0 aliphatic heterocycles. The fraction of sp³-hybridized carbons (Fsp3) is 0.200. The van der Waals surface area contributed by atoms with Crippen LogP contribution >= 0.6 is 11.6 Å². The second kappa shape index (κ2) is 5.69. The van der Waals surface area contributed by atoms with Crippen molar-refractivity contribution in [1.82, 2.24) is 9.55 Å². The first-order valence-electron chi connectivity index (χ1n) is 3.50. The van der Waals surface area contributed by atoms with E-state index in [1.165, 1.54) is 0 Å². The number of nitrogens with zero attached hydrogens (tertiary/aromatic N) is 1. The van der Waals surface area contributed by atoms with Gasteiger partial charge in [-0.1, -0.05) is 11.6 Å². The van der Waals surface area contributed by atoms with Gasteiger partial charge in [-0.15, -0.1) is 0 Å². The Labute approximate surface area is 129 Å². The Kier molecular flexibility index (Phi) is 5.86. The molecule has 10 heteroatoms. The van der Waals surface area contributed by atoms with Crippen LogP contribution < -0.4 is 62.6 Å². The summed E-state index contributed by atoms with van der Waals surface area (Å²) in [6.45, 7) is -5.14. The van der Waals surface area contributed by atoms with Crippen molar-refractivity contribution in [3.05, 3.63) is 32.1 Å². The summed E-state index contributed by atoms with van der Waals surface area (Å²) in [5.74, 6) is 0. The maximum Gasteiger partial charge on any atom is 1.00 e. The number of nitrogens with one attached hydrogen (secondary N) is 1. The molecule has 1 aromatic heterocycles. The molecule has 0 aliphatic carbocycles. The van der Waals surface area contributed by atoms with Gasteiger partial charge in [-0.25, -0.2) is 4.79 Å². The molecule has 0 bridgehead atoms. The maximum absolute atomic E-state index is 11.9. The first kappa shape index (κ1) is 15.5. The van der Waals surface area contributed by atoms with Crippen LogP contribution in [0.25, 0.3) is 0 Å². The average Bonchev–Trinajstić information content (AvgIpc) is 1.97. The first-order chi connectivity index (χ1) is 6.29. The van der Waals surface area contributed by atoms with E-state index in [4.69, 9.17) is 11.6 Å². The van der Waals surface area contributed by atoms with Crippen LogP contribution in [0.5, 0.6) is 0 Å². The predicted molar refractivity (Wildman–Crippen MR) is 45.4 cm³/mol. The summed E-state index contributed by atoms with van der Waals surface area (Å²) in [4.78, 5) is 23.2. The van der Waals surface area contributed by atoms with E-state index in [1.807, 2.05) is 0 Å². The molecule has 0 aliphatic rings. The van der Waals surface area contributed by atoms with Gasteiger partial charge in [-0.2, -0.15) is 0 Å². The van der Waals surface area contributed by atoms with Gasteiger partial charge in [-0.3, -0.25) is 9.78 Å². The zero-order chi connectivity index (χ0) is 10.9. The number of aromatic amines is 1. The molecular formula is C5H4BClF3KN2O2. The third-order valence-corrected chi connectivity index (χ3v) is 1.64. The zero-order valence-corrected chi connectivity index (χ0v) is 11.5. The average molecular weight is 266 g/mol. The van der Waals surface area contributed by atoms with Crippen LogP contribution in [0.15, 0.2) is 15.8 Å². The molecule has 78 valence electrons. The van der Waals surface area contributed by atoms with E-state index in [-0.39, 0.29) is 51.4 Å². The third kappa shape index (κ3) is 4.88. The minimum Gasteiger partial charge on any atom is -0.448 e. The van der Waals surface area contributed by atoms with E-state index in [9.17, 15) is 22.5 Å². The second-order valence-corrected chi connectivity index (χ2v) is 3.01. The Morgan fingerprint density at radius 2 is 1.93 bits per heavy atom. The monoisotopic (exact) mass is 266 g/mol. The zero-order valence-electron chi connectivity index (χ0n) is 7.64. The Hall–Kier alpha value is 0.461. The molecular weight excluding hydrogens is 262 g/mol. The number of H-pyrrole nitrogens is 1. The van der Waals surface area contributed by atoms with E-state index in [0.717, 1.165) is 0 Å². The molecule has 0 saturated heterocycles. The summed E-state index contributed by atoms with van der Waals surface area (Å²) in [5, 5.41) is -0.454. The molecule has 0 atom stereocenters. The number of hydrogen-bond donors (Lipinski definition) is 1. The molecule has 0 amide bonds. The fourth-order valence-corrected chi connectivity index (χ4v) is 1.01. The van der Waals surface area contributed by atoms with Crippen molar-refractivity contribution in [2.24, 2.45) is 0 Å². The standard InChI is InChI=1S/C5H4BClF3N2O2.K/c7-3-1-12(2-6(8,9)10)5(14)11-4(3)13;/h1H,2H2,(H,11,13,14);/q-1;+1. The van der Waals surface area contributed by atoms with Crippen molar-refractivity contribution in [2.75, 3.05) is 0 Å². The fourth-order valence-electron chi connectivity index (χ4n) is 0.841. The van der Waals surface area contributed by atoms with Gasteiger partial charge in [0.2, 0.25) is 0 Å². The van der Waals surface area contributed by atoms with Gasteiger partial charge in [0.15, 0.2) is 0 Å². The van der Waals surface area contributed by atoms with Gasteiger partial charge in [0.1, 0.15) is 5.02 Å². The van der Waals surface area contributed by atoms with Crippen LogP contribution in [0.1, 0.15) is 0 Å². The van der Waals surface area contributed by atoms with Gasteiger partial charge < -0.3 is 17.5 Å². The van der Waals surface area contributed by atoms with Crippen LogP contribution in [0.4, 0.5) is 12.9 Å². The van der Waals surface area contributed by atoms with E-state index in [0.29, 0.717) is 10.8 Å². The Morgan fingerprint density at radius 3 is 2.40 bits per heavy atom. The largest absolute Gasteiger partial charge is 1.00 e. The van der Waals surface area contributed by atoms with Crippen molar-refractivity contribution < 1.29 is 64.3 Å². The molecule has 0 aromatic carbocycles. The molecule has 1 rings (SSSR count). The van der Waals surface area contributed by atoms with Crippen LogP contribution in [0, 0.1) is 0 Å². The van der Waals surface area contributed by atoms with E-state index in [1.54, 1.807) is 4.98 Å². The SMILES string of the molecule is O=c1[nH]c(=O)n(C[B-](F)(F)F)cc1Cl.[K+]. The van der Waals surface area contributed by atoms with E-state index >= 15 is 0 Å². The summed E-state index contributed by atoms with van der Waals surface area (Å²) in [6.07, 6.45) is -0.757. The summed E-state index contributed by atoms with van der Waals surface area (Å²) >= 11 is 5.25. The molecule has 0 radical (unpaired) electrons. The number of halogens is 4. The van der Waals surface area contributed by atoms with Gasteiger partial charge in [0.05, 0.1) is 0 Å². The normalized spacial score (nSPS) is 10.9. The summed E-state index contributed by atoms with van der Waals surface area (Å²) in [6, 6.07) is 0. The quantitative estimate of drug-likeness (QED) is 0.606. The van der Waals surface area contributed by atoms with Crippen LogP contribution in [-0.2, 0) is 6.44 Å². The summed E-state index contributed by atoms with van der Waals surface area (Å²) in [7, 11) is 0. The molecule has 0 spiro atoms. The first-order valence-corrected chi connectivity index (χ1v) is 3.87. The molecule has 0 saturated carbocycles. The van der Waals surface area contributed by atoms with Gasteiger partial charge in [-0.05, 0) is 6.44 Å². The topological polar surface area (TPSA) is 54.9 Å². The second-order valence-electron chi connectivity index (χ2n) is 2.60. The van der Waals surface area contributed by atoms with Crippen LogP contribution in [-0.4, -0.2) is 16.5 Å². The molecule has 0 fully saturated rings. The summed E-state index contributed by atoms with van der Waals surface area (Å²) in [5.41, 5.74) is -2.03. The Bertz CT molecular complexity index is 457. The predicted octanol–water partition coefficient (Wildman–Crippen LogP) is -2.42. The van der Waals surface area contributed by atoms with Gasteiger partial charge in [0, 0.05) is 6.20 Å². The minimum atomic E-state index is -5.14. The van der Waals surface area contributed by atoms with Crippen LogP contribution in [0.3, 0.4) is 0 Å². The number of rotatable bonds is 2. The van der Waals surface area contributed by atoms with Crippen LogP contribution in [0.2, 0.25) is 5.02 Å². The minimum absolute atomic E-state index is 0. The van der Waals surface area contributed by atoms with Gasteiger partial charge >= 0.3 is 64.1 Å². The van der Waals surface area contributed by atoms with Crippen molar-refractivity contribution >= 4 is 18.6 Å². The van der Waals surface area contributed by atoms with Crippen molar-refractivity contribution in [3.63, 3.8) is 0 Å². The third-order valence-electron chi connectivity index (χ3n) is 1.37. The smallest absolute Gasteiger partial charge is 0.448 e. The van der Waals surface area contributed by atoms with Crippen molar-refractivity contribution in [3.8, 4) is 0 Å². The van der Waals surface area contributed by atoms with E-state index in [2.05, 4.69) is 0 Å². The van der Waals surface area contributed by atoms with Crippen molar-refractivity contribution in [1.29, 1.82) is 0 Å². The maximum atomic E-state index is 11.9. The molecule has 1 heterocycles. The van der Waals surface area contributed by atoms with Crippen molar-refractivity contribution in [2.45, 2.75) is 6.44 Å². The molecule has 0 unspecified atom stereocenters. The Morgan fingerprint density at radius 1 is 1.40 bits per heavy atom. The Balaban J connectivity index is 0.00000196.